The molecule has 8 heteroatoms. The first-order valence-electron chi connectivity index (χ1n) is 9.97. The number of carbonyl (C=O) groups is 1. The van der Waals surface area contributed by atoms with E-state index >= 15 is 0 Å². The number of rotatable bonds is 6. The summed E-state index contributed by atoms with van der Waals surface area (Å²) in [6.45, 7) is 0. The van der Waals surface area contributed by atoms with Crippen LogP contribution in [0.3, 0.4) is 0 Å². The molecule has 0 atom stereocenters. The van der Waals surface area contributed by atoms with Crippen LogP contribution in [0.4, 0.5) is 5.69 Å². The second-order valence-corrected chi connectivity index (χ2v) is 8.82. The summed E-state index contributed by atoms with van der Waals surface area (Å²) in [6, 6.07) is 17.0. The van der Waals surface area contributed by atoms with Crippen molar-refractivity contribution in [2.45, 2.75) is 24.0 Å². The van der Waals surface area contributed by atoms with E-state index in [0.717, 1.165) is 24.0 Å². The molecule has 1 fully saturated rings. The van der Waals surface area contributed by atoms with Crippen molar-refractivity contribution < 1.29 is 4.79 Å². The molecule has 6 nitrogen and oxygen atoms in total. The first-order valence-corrected chi connectivity index (χ1v) is 11.3. The summed E-state index contributed by atoms with van der Waals surface area (Å²) in [5.41, 5.74) is 3.54. The van der Waals surface area contributed by atoms with Crippen LogP contribution in [0.1, 0.15) is 18.9 Å². The van der Waals surface area contributed by atoms with Gasteiger partial charge in [-0.2, -0.15) is 0 Å². The highest BCUT2D eigenvalue weighted by Gasteiger charge is 2.29. The van der Waals surface area contributed by atoms with Crippen LogP contribution in [0.2, 0.25) is 5.02 Å². The van der Waals surface area contributed by atoms with E-state index in [1.807, 2.05) is 36.5 Å². The molecule has 0 saturated heterocycles. The van der Waals surface area contributed by atoms with Crippen LogP contribution in [0.15, 0.2) is 70.7 Å². The number of amides is 1. The summed E-state index contributed by atoms with van der Waals surface area (Å²) in [4.78, 5) is 33.6. The molecule has 0 bridgehead atoms. The number of fused-ring (bicyclic) bond motifs is 1. The van der Waals surface area contributed by atoms with Gasteiger partial charge in [0.2, 0.25) is 5.91 Å². The van der Waals surface area contributed by atoms with Crippen molar-refractivity contribution in [2.24, 2.45) is 0 Å². The molecule has 0 radical (unpaired) electrons. The molecule has 156 valence electrons. The summed E-state index contributed by atoms with van der Waals surface area (Å²) in [5.74, 6) is -0.0382. The van der Waals surface area contributed by atoms with E-state index in [0.29, 0.717) is 26.9 Å². The standard InChI is InChI=1S/C23H19ClN4O2S/c24-15-7-4-8-16(11-15)26-19(29)13-31-23-27-20-18(14-5-2-1-3-6-14)12-25-21(20)22(30)28(23)17-9-10-17/h1-8,11-12,17,25H,9-10,13H2,(H,26,29). The Bertz CT molecular complexity index is 1330. The van der Waals surface area contributed by atoms with E-state index < -0.39 is 0 Å². The monoisotopic (exact) mass is 450 g/mol. The van der Waals surface area contributed by atoms with E-state index in [1.165, 1.54) is 11.8 Å². The second kappa shape index (κ2) is 8.24. The molecule has 5 rings (SSSR count). The number of aromatic nitrogens is 3. The molecule has 4 aromatic rings. The van der Waals surface area contributed by atoms with Gasteiger partial charge in [0.1, 0.15) is 11.0 Å². The predicted octanol–water partition coefficient (Wildman–Crippen LogP) is 5.11. The number of nitrogens with zero attached hydrogens (tertiary/aromatic N) is 2. The molecular weight excluding hydrogens is 432 g/mol. The number of hydrogen-bond donors (Lipinski definition) is 2. The van der Waals surface area contributed by atoms with E-state index in [4.69, 9.17) is 16.6 Å². The highest BCUT2D eigenvalue weighted by atomic mass is 35.5. The van der Waals surface area contributed by atoms with E-state index in [2.05, 4.69) is 10.3 Å². The summed E-state index contributed by atoms with van der Waals surface area (Å²) >= 11 is 7.26. The Balaban J connectivity index is 1.46. The molecule has 1 aliphatic carbocycles. The van der Waals surface area contributed by atoms with Gasteiger partial charge in [-0.15, -0.1) is 0 Å². The SMILES string of the molecule is O=C(CSc1nc2c(-c3ccccc3)c[nH]c2c(=O)n1C1CC1)Nc1cccc(Cl)c1. The van der Waals surface area contributed by atoms with Crippen molar-refractivity contribution >= 4 is 46.0 Å². The molecule has 2 aromatic heterocycles. The number of halogens is 1. The molecule has 1 saturated carbocycles. The van der Waals surface area contributed by atoms with Crippen LogP contribution >= 0.6 is 23.4 Å². The van der Waals surface area contributed by atoms with Gasteiger partial charge in [-0.05, 0) is 36.6 Å². The minimum Gasteiger partial charge on any atom is -0.355 e. The molecule has 2 aromatic carbocycles. The number of aromatic amines is 1. The third-order valence-corrected chi connectivity index (χ3v) is 6.32. The third-order valence-electron chi connectivity index (χ3n) is 5.14. The lowest BCUT2D eigenvalue weighted by Crippen LogP contribution is -2.23. The Labute approximate surface area is 187 Å². The Hall–Kier alpha value is -3.03. The lowest BCUT2D eigenvalue weighted by Gasteiger charge is -2.12. The number of anilines is 1. The Morgan fingerprint density at radius 3 is 2.74 bits per heavy atom. The number of hydrogen-bond acceptors (Lipinski definition) is 4. The third kappa shape index (κ3) is 4.11. The fourth-order valence-corrected chi connectivity index (χ4v) is 4.59. The maximum absolute atomic E-state index is 13.2. The first kappa shape index (κ1) is 19.9. The highest BCUT2D eigenvalue weighted by molar-refractivity contribution is 7.99. The van der Waals surface area contributed by atoms with Gasteiger partial charge in [0, 0.05) is 28.5 Å². The molecule has 1 amide bonds. The number of H-pyrrole nitrogens is 1. The maximum Gasteiger partial charge on any atom is 0.278 e. The van der Waals surface area contributed by atoms with Crippen molar-refractivity contribution in [3.05, 3.63) is 76.2 Å². The van der Waals surface area contributed by atoms with Gasteiger partial charge in [0.15, 0.2) is 5.16 Å². The fraction of sp³-hybridized carbons (Fsp3) is 0.174. The number of thioether (sulfide) groups is 1. The maximum atomic E-state index is 13.2. The highest BCUT2D eigenvalue weighted by Crippen LogP contribution is 2.37. The summed E-state index contributed by atoms with van der Waals surface area (Å²) in [7, 11) is 0. The van der Waals surface area contributed by atoms with Gasteiger partial charge in [-0.3, -0.25) is 14.2 Å². The Kier molecular flexibility index (Phi) is 5.29. The lowest BCUT2D eigenvalue weighted by molar-refractivity contribution is -0.113. The van der Waals surface area contributed by atoms with Crippen LogP contribution in [-0.2, 0) is 4.79 Å². The number of nitrogens with one attached hydrogen (secondary N) is 2. The average Bonchev–Trinajstić information content (AvgIpc) is 3.51. The zero-order chi connectivity index (χ0) is 21.4. The quantitative estimate of drug-likeness (QED) is 0.316. The van der Waals surface area contributed by atoms with Crippen LogP contribution in [0, 0.1) is 0 Å². The molecule has 2 heterocycles. The van der Waals surface area contributed by atoms with Crippen molar-refractivity contribution in [1.29, 1.82) is 0 Å². The van der Waals surface area contributed by atoms with Crippen LogP contribution in [0.5, 0.6) is 0 Å². The van der Waals surface area contributed by atoms with Crippen molar-refractivity contribution in [2.75, 3.05) is 11.1 Å². The fourth-order valence-electron chi connectivity index (χ4n) is 3.54. The van der Waals surface area contributed by atoms with Crippen molar-refractivity contribution in [1.82, 2.24) is 14.5 Å². The van der Waals surface area contributed by atoms with Gasteiger partial charge in [-0.1, -0.05) is 59.8 Å². The van der Waals surface area contributed by atoms with Gasteiger partial charge < -0.3 is 10.3 Å². The molecule has 1 aliphatic rings. The van der Waals surface area contributed by atoms with E-state index in [9.17, 15) is 9.59 Å². The predicted molar refractivity (Wildman–Crippen MR) is 125 cm³/mol. The molecule has 2 N–H and O–H groups in total. The lowest BCUT2D eigenvalue weighted by atomic mass is 10.1. The second-order valence-electron chi connectivity index (χ2n) is 7.44. The Morgan fingerprint density at radius 1 is 1.19 bits per heavy atom. The molecule has 0 spiro atoms. The molecule has 0 unspecified atom stereocenters. The normalized spacial score (nSPS) is 13.5. The first-order chi connectivity index (χ1) is 15.1. The van der Waals surface area contributed by atoms with Crippen LogP contribution in [-0.4, -0.2) is 26.2 Å². The zero-order valence-corrected chi connectivity index (χ0v) is 18.0. The van der Waals surface area contributed by atoms with Crippen molar-refractivity contribution in [3.8, 4) is 11.1 Å². The minimum absolute atomic E-state index is 0.0903. The Morgan fingerprint density at radius 2 is 2.00 bits per heavy atom. The zero-order valence-electron chi connectivity index (χ0n) is 16.5. The molecule has 31 heavy (non-hydrogen) atoms. The summed E-state index contributed by atoms with van der Waals surface area (Å²) in [6.07, 6.45) is 3.72. The van der Waals surface area contributed by atoms with Gasteiger partial charge in [0.05, 0.1) is 5.75 Å². The average molecular weight is 451 g/mol. The van der Waals surface area contributed by atoms with E-state index in [1.54, 1.807) is 28.8 Å². The minimum atomic E-state index is -0.179. The molecule has 0 aliphatic heterocycles. The van der Waals surface area contributed by atoms with Gasteiger partial charge in [-0.25, -0.2) is 4.98 Å². The molecular formula is C23H19ClN4O2S. The summed E-state index contributed by atoms with van der Waals surface area (Å²) < 4.78 is 1.73. The van der Waals surface area contributed by atoms with Crippen LogP contribution in [0.25, 0.3) is 22.2 Å². The van der Waals surface area contributed by atoms with Crippen molar-refractivity contribution in [3.63, 3.8) is 0 Å². The number of carbonyl (C=O) groups excluding carboxylic acids is 1. The van der Waals surface area contributed by atoms with Gasteiger partial charge in [0.25, 0.3) is 5.56 Å². The van der Waals surface area contributed by atoms with E-state index in [-0.39, 0.29) is 23.3 Å². The summed E-state index contributed by atoms with van der Waals surface area (Å²) in [5, 5.41) is 3.96. The topological polar surface area (TPSA) is 79.8 Å². The van der Waals surface area contributed by atoms with Gasteiger partial charge >= 0.3 is 0 Å². The smallest absolute Gasteiger partial charge is 0.278 e. The van der Waals surface area contributed by atoms with Crippen LogP contribution < -0.4 is 10.9 Å². The largest absolute Gasteiger partial charge is 0.355 e. The number of benzene rings is 2.